The molecule has 2 aromatic rings. The van der Waals surface area contributed by atoms with E-state index < -0.39 is 23.9 Å². The molecule has 6 heteroatoms. The maximum absolute atomic E-state index is 13.1. The molecule has 2 aromatic carbocycles. The predicted molar refractivity (Wildman–Crippen MR) is 125 cm³/mol. The highest BCUT2D eigenvalue weighted by Gasteiger charge is 2.26. The minimum atomic E-state index is -0.948. The number of Topliss-reactive ketones (excluding diaryl/α,β-unsaturated/α-hetero) is 1. The molecule has 0 aliphatic carbocycles. The molecule has 174 valence electrons. The highest BCUT2D eigenvalue weighted by atomic mass is 16.6. The highest BCUT2D eigenvalue weighted by molar-refractivity contribution is 5.99. The zero-order valence-corrected chi connectivity index (χ0v) is 19.5. The first-order chi connectivity index (χ1) is 15.2. The molecule has 1 amide bonds. The molecule has 2 unspecified atom stereocenters. The fraction of sp³-hybridized carbons (Fsp3) is 0.462. The largest absolute Gasteiger partial charge is 0.444 e. The summed E-state index contributed by atoms with van der Waals surface area (Å²) in [6.45, 7) is 7.82. The van der Waals surface area contributed by atoms with Gasteiger partial charge in [0.1, 0.15) is 11.7 Å². The Morgan fingerprint density at radius 3 is 2.16 bits per heavy atom. The minimum Gasteiger partial charge on any atom is -0.444 e. The summed E-state index contributed by atoms with van der Waals surface area (Å²) < 4.78 is 11.3. The SMILES string of the molecule is CCCN(CC(O)COC(Cc1ccccc1)C(=O)c1ccccc1)C(=O)OC(C)(C)C. The van der Waals surface area contributed by atoms with Gasteiger partial charge in [-0.15, -0.1) is 0 Å². The molecule has 0 radical (unpaired) electrons. The van der Waals surface area contributed by atoms with E-state index in [2.05, 4.69) is 0 Å². The monoisotopic (exact) mass is 441 g/mol. The van der Waals surface area contributed by atoms with Crippen molar-refractivity contribution in [1.82, 2.24) is 4.90 Å². The number of carbonyl (C=O) groups excluding carboxylic acids is 2. The molecule has 6 nitrogen and oxygen atoms in total. The van der Waals surface area contributed by atoms with Crippen LogP contribution in [0.15, 0.2) is 60.7 Å². The van der Waals surface area contributed by atoms with Crippen LogP contribution in [-0.4, -0.2) is 59.4 Å². The molecule has 0 spiro atoms. The maximum atomic E-state index is 13.1. The number of ether oxygens (including phenoxy) is 2. The average Bonchev–Trinajstić information content (AvgIpc) is 2.76. The number of rotatable bonds is 11. The van der Waals surface area contributed by atoms with E-state index >= 15 is 0 Å². The van der Waals surface area contributed by atoms with Gasteiger partial charge >= 0.3 is 6.09 Å². The van der Waals surface area contributed by atoms with Gasteiger partial charge in [0, 0.05) is 18.5 Å². The predicted octanol–water partition coefficient (Wildman–Crippen LogP) is 4.51. The Balaban J connectivity index is 2.04. The Morgan fingerprint density at radius 1 is 1.00 bits per heavy atom. The number of hydrogen-bond donors (Lipinski definition) is 1. The molecule has 32 heavy (non-hydrogen) atoms. The molecule has 2 rings (SSSR count). The zero-order chi connectivity index (χ0) is 23.6. The number of hydrogen-bond acceptors (Lipinski definition) is 5. The summed E-state index contributed by atoms with van der Waals surface area (Å²) in [7, 11) is 0. The van der Waals surface area contributed by atoms with Crippen molar-refractivity contribution in [2.45, 2.75) is 58.3 Å². The lowest BCUT2D eigenvalue weighted by molar-refractivity contribution is -0.0214. The lowest BCUT2D eigenvalue weighted by Gasteiger charge is -2.29. The minimum absolute atomic E-state index is 0.0698. The van der Waals surface area contributed by atoms with Crippen molar-refractivity contribution < 1.29 is 24.2 Å². The number of ketones is 1. The molecule has 1 N–H and O–H groups in total. The summed E-state index contributed by atoms with van der Waals surface area (Å²) in [6, 6.07) is 18.6. The first-order valence-corrected chi connectivity index (χ1v) is 11.1. The van der Waals surface area contributed by atoms with E-state index in [1.54, 1.807) is 32.9 Å². The van der Waals surface area contributed by atoms with Gasteiger partial charge in [0.05, 0.1) is 19.3 Å². The van der Waals surface area contributed by atoms with Crippen LogP contribution in [-0.2, 0) is 15.9 Å². The normalized spacial score (nSPS) is 13.3. The molecular weight excluding hydrogens is 406 g/mol. The summed E-state index contributed by atoms with van der Waals surface area (Å²) in [5.41, 5.74) is 0.912. The molecule has 0 saturated carbocycles. The van der Waals surface area contributed by atoms with Crippen LogP contribution in [0.2, 0.25) is 0 Å². The molecule has 2 atom stereocenters. The second kappa shape index (κ2) is 12.4. The number of benzene rings is 2. The van der Waals surface area contributed by atoms with Gasteiger partial charge in [-0.05, 0) is 32.8 Å². The number of aliphatic hydroxyl groups is 1. The van der Waals surface area contributed by atoms with Gasteiger partial charge in [-0.25, -0.2) is 4.79 Å². The molecule has 0 heterocycles. The van der Waals surface area contributed by atoms with Gasteiger partial charge in [0.2, 0.25) is 0 Å². The van der Waals surface area contributed by atoms with E-state index in [-0.39, 0.29) is 18.9 Å². The zero-order valence-electron chi connectivity index (χ0n) is 19.5. The lowest BCUT2D eigenvalue weighted by Crippen LogP contribution is -2.43. The number of carbonyl (C=O) groups is 2. The molecular formula is C26H35NO5. The first-order valence-electron chi connectivity index (χ1n) is 11.1. The van der Waals surface area contributed by atoms with E-state index in [9.17, 15) is 14.7 Å². The summed E-state index contributed by atoms with van der Waals surface area (Å²) in [6.07, 6.45) is -1.03. The van der Waals surface area contributed by atoms with Crippen molar-refractivity contribution in [3.8, 4) is 0 Å². The third-order valence-electron chi connectivity index (χ3n) is 4.68. The van der Waals surface area contributed by atoms with Crippen LogP contribution >= 0.6 is 0 Å². The van der Waals surface area contributed by atoms with Crippen LogP contribution in [0.1, 0.15) is 50.0 Å². The van der Waals surface area contributed by atoms with Crippen molar-refractivity contribution >= 4 is 11.9 Å². The lowest BCUT2D eigenvalue weighted by atomic mass is 10.00. The molecule has 0 fully saturated rings. The van der Waals surface area contributed by atoms with E-state index in [0.29, 0.717) is 18.5 Å². The Morgan fingerprint density at radius 2 is 1.59 bits per heavy atom. The third kappa shape index (κ3) is 8.81. The maximum Gasteiger partial charge on any atom is 0.410 e. The van der Waals surface area contributed by atoms with Crippen LogP contribution in [0, 0.1) is 0 Å². The topological polar surface area (TPSA) is 76.1 Å². The van der Waals surface area contributed by atoms with Crippen LogP contribution in [0.25, 0.3) is 0 Å². The molecule has 0 aliphatic heterocycles. The fourth-order valence-electron chi connectivity index (χ4n) is 3.23. The van der Waals surface area contributed by atoms with Crippen LogP contribution in [0.4, 0.5) is 4.79 Å². The quantitative estimate of drug-likeness (QED) is 0.520. The summed E-state index contributed by atoms with van der Waals surface area (Å²) in [5.74, 6) is -0.140. The summed E-state index contributed by atoms with van der Waals surface area (Å²) in [4.78, 5) is 27.0. The number of nitrogens with zero attached hydrogens (tertiary/aromatic N) is 1. The van der Waals surface area contributed by atoms with Crippen molar-refractivity contribution in [3.05, 3.63) is 71.8 Å². The molecule has 0 aliphatic rings. The van der Waals surface area contributed by atoms with Crippen molar-refractivity contribution in [1.29, 1.82) is 0 Å². The van der Waals surface area contributed by atoms with Gasteiger partial charge in [-0.3, -0.25) is 4.79 Å². The van der Waals surface area contributed by atoms with Gasteiger partial charge in [-0.1, -0.05) is 67.6 Å². The molecule has 0 bridgehead atoms. The highest BCUT2D eigenvalue weighted by Crippen LogP contribution is 2.14. The summed E-state index contributed by atoms with van der Waals surface area (Å²) >= 11 is 0. The van der Waals surface area contributed by atoms with Crippen LogP contribution in [0.3, 0.4) is 0 Å². The third-order valence-corrected chi connectivity index (χ3v) is 4.68. The van der Waals surface area contributed by atoms with Gasteiger partial charge < -0.3 is 19.5 Å². The summed E-state index contributed by atoms with van der Waals surface area (Å²) in [5, 5.41) is 10.6. The van der Waals surface area contributed by atoms with Crippen molar-refractivity contribution in [3.63, 3.8) is 0 Å². The Kier molecular flexibility index (Phi) is 9.88. The Labute approximate surface area is 191 Å². The van der Waals surface area contributed by atoms with E-state index in [4.69, 9.17) is 9.47 Å². The van der Waals surface area contributed by atoms with Crippen molar-refractivity contribution in [2.24, 2.45) is 0 Å². The van der Waals surface area contributed by atoms with E-state index in [1.165, 1.54) is 4.90 Å². The Bertz CT molecular complexity index is 832. The second-order valence-corrected chi connectivity index (χ2v) is 8.82. The molecule has 0 aromatic heterocycles. The first kappa shape index (κ1) is 25.6. The number of aliphatic hydroxyl groups excluding tert-OH is 1. The van der Waals surface area contributed by atoms with E-state index in [1.807, 2.05) is 55.5 Å². The fourth-order valence-corrected chi connectivity index (χ4v) is 3.23. The van der Waals surface area contributed by atoms with Crippen LogP contribution < -0.4 is 0 Å². The smallest absolute Gasteiger partial charge is 0.410 e. The van der Waals surface area contributed by atoms with E-state index in [0.717, 1.165) is 12.0 Å². The van der Waals surface area contributed by atoms with Gasteiger partial charge in [0.25, 0.3) is 0 Å². The van der Waals surface area contributed by atoms with Crippen LogP contribution in [0.5, 0.6) is 0 Å². The average molecular weight is 442 g/mol. The Hall–Kier alpha value is -2.70. The standard InChI is InChI=1S/C26H35NO5/c1-5-16-27(25(30)32-26(2,3)4)18-22(28)19-31-23(17-20-12-8-6-9-13-20)24(29)21-14-10-7-11-15-21/h6-15,22-23,28H,5,16-19H2,1-4H3. The molecule has 0 saturated heterocycles. The second-order valence-electron chi connectivity index (χ2n) is 8.82. The number of amides is 1. The van der Waals surface area contributed by atoms with Gasteiger partial charge in [0.15, 0.2) is 5.78 Å². The van der Waals surface area contributed by atoms with Gasteiger partial charge in [-0.2, -0.15) is 0 Å². The van der Waals surface area contributed by atoms with Crippen molar-refractivity contribution in [2.75, 3.05) is 19.7 Å².